The predicted molar refractivity (Wildman–Crippen MR) is 53.9 cm³/mol. The third-order valence-electron chi connectivity index (χ3n) is 2.50. The molecule has 13 heavy (non-hydrogen) atoms. The largest absolute Gasteiger partial charge is 0.303 e. The van der Waals surface area contributed by atoms with Crippen molar-refractivity contribution >= 4 is 5.52 Å². The Bertz CT molecular complexity index is 377. The van der Waals surface area contributed by atoms with Gasteiger partial charge in [0.1, 0.15) is 0 Å². The van der Waals surface area contributed by atoms with Gasteiger partial charge in [-0.2, -0.15) is 0 Å². The van der Waals surface area contributed by atoms with Gasteiger partial charge in [0.05, 0.1) is 18.0 Å². The summed E-state index contributed by atoms with van der Waals surface area (Å²) in [6.07, 6.45) is 5.96. The van der Waals surface area contributed by atoms with Crippen molar-refractivity contribution in [3.63, 3.8) is 0 Å². The molecule has 0 bridgehead atoms. The zero-order valence-electron chi connectivity index (χ0n) is 8.12. The predicted octanol–water partition coefficient (Wildman–Crippen LogP) is 2.46. The molecular formula is C11H14N2. The van der Waals surface area contributed by atoms with Crippen LogP contribution in [0.1, 0.15) is 25.1 Å². The van der Waals surface area contributed by atoms with Gasteiger partial charge in [-0.1, -0.05) is 19.9 Å². The van der Waals surface area contributed by atoms with E-state index in [4.69, 9.17) is 0 Å². The van der Waals surface area contributed by atoms with Crippen molar-refractivity contribution in [2.75, 3.05) is 0 Å². The van der Waals surface area contributed by atoms with Gasteiger partial charge in [-0.15, -0.1) is 0 Å². The van der Waals surface area contributed by atoms with Crippen molar-refractivity contribution in [1.29, 1.82) is 0 Å². The van der Waals surface area contributed by atoms with Crippen molar-refractivity contribution in [1.82, 2.24) is 9.38 Å². The number of rotatable bonds is 2. The molecule has 2 heterocycles. The molecule has 0 radical (unpaired) electrons. The second-order valence-corrected chi connectivity index (χ2v) is 3.21. The molecule has 0 saturated carbocycles. The molecule has 2 aromatic heterocycles. The zero-order chi connectivity index (χ0) is 9.26. The second kappa shape index (κ2) is 3.21. The fraction of sp³-hybridized carbons (Fsp3) is 0.364. The van der Waals surface area contributed by atoms with E-state index >= 15 is 0 Å². The number of fused-ring (bicyclic) bond motifs is 1. The maximum atomic E-state index is 4.18. The molecule has 0 saturated heterocycles. The van der Waals surface area contributed by atoms with Crippen LogP contribution in [0.3, 0.4) is 0 Å². The van der Waals surface area contributed by atoms with Gasteiger partial charge in [-0.25, -0.2) is 4.98 Å². The average Bonchev–Trinajstić information content (AvgIpc) is 2.64. The Labute approximate surface area is 78.2 Å². The lowest BCUT2D eigenvalue weighted by molar-refractivity contribution is 0.958. The van der Waals surface area contributed by atoms with Gasteiger partial charge in [-0.05, 0) is 24.5 Å². The number of pyridine rings is 1. The molecule has 0 aromatic carbocycles. The lowest BCUT2D eigenvalue weighted by Gasteiger charge is -2.05. The monoisotopic (exact) mass is 174 g/mol. The number of aryl methyl sites for hydroxylation is 2. The molecular weight excluding hydrogens is 160 g/mol. The number of hydrogen-bond donors (Lipinski definition) is 0. The molecule has 2 heteroatoms. The van der Waals surface area contributed by atoms with E-state index in [0.717, 1.165) is 12.8 Å². The normalized spacial score (nSPS) is 10.9. The minimum Gasteiger partial charge on any atom is -0.303 e. The summed E-state index contributed by atoms with van der Waals surface area (Å²) in [5.74, 6) is 0. The molecule has 0 atom stereocenters. The summed E-state index contributed by atoms with van der Waals surface area (Å²) in [4.78, 5) is 4.18. The maximum Gasteiger partial charge on any atom is 0.0994 e. The van der Waals surface area contributed by atoms with E-state index < -0.39 is 0 Å². The van der Waals surface area contributed by atoms with Gasteiger partial charge in [0, 0.05) is 5.69 Å². The number of nitrogens with zero attached hydrogens (tertiary/aromatic N) is 2. The highest BCUT2D eigenvalue weighted by Gasteiger charge is 2.02. The van der Waals surface area contributed by atoms with Gasteiger partial charge in [0.25, 0.3) is 0 Å². The first-order valence-electron chi connectivity index (χ1n) is 4.79. The number of hydrogen-bond acceptors (Lipinski definition) is 1. The molecule has 0 aliphatic carbocycles. The third-order valence-corrected chi connectivity index (χ3v) is 2.50. The Morgan fingerprint density at radius 3 is 2.77 bits per heavy atom. The Balaban J connectivity index is 2.74. The Hall–Kier alpha value is -1.31. The van der Waals surface area contributed by atoms with E-state index in [9.17, 15) is 0 Å². The molecule has 0 aliphatic heterocycles. The highest BCUT2D eigenvalue weighted by molar-refractivity contribution is 5.54. The van der Waals surface area contributed by atoms with Crippen LogP contribution in [0.5, 0.6) is 0 Å². The highest BCUT2D eigenvalue weighted by atomic mass is 15.0. The molecule has 0 unspecified atom stereocenters. The fourth-order valence-corrected chi connectivity index (χ4v) is 1.71. The van der Waals surface area contributed by atoms with Gasteiger partial charge in [0.2, 0.25) is 0 Å². The summed E-state index contributed by atoms with van der Waals surface area (Å²) < 4.78 is 2.18. The van der Waals surface area contributed by atoms with Gasteiger partial charge in [-0.3, -0.25) is 0 Å². The van der Waals surface area contributed by atoms with E-state index in [0.29, 0.717) is 0 Å². The molecule has 2 rings (SSSR count). The molecule has 68 valence electrons. The van der Waals surface area contributed by atoms with Crippen molar-refractivity contribution < 1.29 is 0 Å². The Morgan fingerprint density at radius 2 is 2.08 bits per heavy atom. The molecule has 0 aliphatic rings. The van der Waals surface area contributed by atoms with Crippen LogP contribution in [0.2, 0.25) is 0 Å². The molecule has 2 aromatic rings. The van der Waals surface area contributed by atoms with Crippen LogP contribution in [0.25, 0.3) is 5.52 Å². The quantitative estimate of drug-likeness (QED) is 0.683. The minimum absolute atomic E-state index is 1.05. The summed E-state index contributed by atoms with van der Waals surface area (Å²) in [7, 11) is 0. The first-order chi connectivity index (χ1) is 6.36. The zero-order valence-corrected chi connectivity index (χ0v) is 8.12. The standard InChI is InChI=1S/C11H14N2/c1-3-9-5-6-10(4-2)13-8-12-7-11(9)13/h5-8H,3-4H2,1-2H3. The SMILES string of the molecule is CCc1ccc(CC)n2cncc12. The van der Waals surface area contributed by atoms with Crippen molar-refractivity contribution in [2.45, 2.75) is 26.7 Å². The highest BCUT2D eigenvalue weighted by Crippen LogP contribution is 2.14. The Kier molecular flexibility index (Phi) is 2.05. The summed E-state index contributed by atoms with van der Waals surface area (Å²) in [5, 5.41) is 0. The van der Waals surface area contributed by atoms with Crippen LogP contribution in [-0.2, 0) is 12.8 Å². The molecule has 0 spiro atoms. The van der Waals surface area contributed by atoms with E-state index in [1.807, 2.05) is 12.5 Å². The smallest absolute Gasteiger partial charge is 0.0994 e. The van der Waals surface area contributed by atoms with E-state index in [1.54, 1.807) is 0 Å². The van der Waals surface area contributed by atoms with E-state index in [1.165, 1.54) is 16.8 Å². The van der Waals surface area contributed by atoms with Crippen LogP contribution < -0.4 is 0 Å². The van der Waals surface area contributed by atoms with Gasteiger partial charge < -0.3 is 4.40 Å². The molecule has 2 nitrogen and oxygen atoms in total. The lowest BCUT2D eigenvalue weighted by Crippen LogP contribution is -1.96. The van der Waals surface area contributed by atoms with Crippen LogP contribution in [-0.4, -0.2) is 9.38 Å². The third kappa shape index (κ3) is 1.22. The summed E-state index contributed by atoms with van der Waals surface area (Å²) in [6.45, 7) is 4.34. The minimum atomic E-state index is 1.05. The van der Waals surface area contributed by atoms with Crippen LogP contribution in [0.15, 0.2) is 24.7 Å². The Morgan fingerprint density at radius 1 is 1.23 bits per heavy atom. The van der Waals surface area contributed by atoms with Crippen LogP contribution in [0, 0.1) is 0 Å². The van der Waals surface area contributed by atoms with E-state index in [2.05, 4.69) is 35.4 Å². The molecule has 0 amide bonds. The lowest BCUT2D eigenvalue weighted by atomic mass is 10.1. The number of imidazole rings is 1. The maximum absolute atomic E-state index is 4.18. The molecule has 0 N–H and O–H groups in total. The van der Waals surface area contributed by atoms with Crippen molar-refractivity contribution in [2.24, 2.45) is 0 Å². The molecule has 0 fully saturated rings. The second-order valence-electron chi connectivity index (χ2n) is 3.21. The van der Waals surface area contributed by atoms with Crippen LogP contribution in [0.4, 0.5) is 0 Å². The summed E-state index contributed by atoms with van der Waals surface area (Å²) in [5.41, 5.74) is 3.95. The summed E-state index contributed by atoms with van der Waals surface area (Å²) in [6, 6.07) is 4.39. The van der Waals surface area contributed by atoms with Crippen molar-refractivity contribution in [3.8, 4) is 0 Å². The van der Waals surface area contributed by atoms with Crippen molar-refractivity contribution in [3.05, 3.63) is 35.9 Å². The van der Waals surface area contributed by atoms with Gasteiger partial charge in [0.15, 0.2) is 0 Å². The fourth-order valence-electron chi connectivity index (χ4n) is 1.71. The average molecular weight is 174 g/mol. The van der Waals surface area contributed by atoms with Gasteiger partial charge >= 0.3 is 0 Å². The first kappa shape index (κ1) is 8.30. The summed E-state index contributed by atoms with van der Waals surface area (Å²) >= 11 is 0. The van der Waals surface area contributed by atoms with Crippen LogP contribution >= 0.6 is 0 Å². The first-order valence-corrected chi connectivity index (χ1v) is 4.79. The number of aromatic nitrogens is 2. The topological polar surface area (TPSA) is 17.3 Å². The van der Waals surface area contributed by atoms with E-state index in [-0.39, 0.29) is 0 Å².